The number of aromatic nitrogens is 3. The summed E-state index contributed by atoms with van der Waals surface area (Å²) < 4.78 is 5.42. The summed E-state index contributed by atoms with van der Waals surface area (Å²) in [4.78, 5) is 35.5. The number of hydrogen-bond donors (Lipinski definition) is 1. The molecule has 27 heavy (non-hydrogen) atoms. The SMILES string of the molecule is CNC(=O)c1cc(C)nc2onc(C3CCCN3C(=O)c3cccnc3)c12. The second kappa shape index (κ2) is 6.79. The predicted octanol–water partition coefficient (Wildman–Crippen LogP) is 2.26. The zero-order valence-electron chi connectivity index (χ0n) is 15.1. The zero-order chi connectivity index (χ0) is 19.0. The van der Waals surface area contributed by atoms with E-state index in [9.17, 15) is 9.59 Å². The Morgan fingerprint density at radius 2 is 2.22 bits per heavy atom. The molecule has 0 spiro atoms. The van der Waals surface area contributed by atoms with E-state index in [-0.39, 0.29) is 17.9 Å². The Morgan fingerprint density at radius 1 is 1.37 bits per heavy atom. The Morgan fingerprint density at radius 3 is 2.96 bits per heavy atom. The summed E-state index contributed by atoms with van der Waals surface area (Å²) in [6.07, 6.45) is 4.78. The van der Waals surface area contributed by atoms with Crippen molar-refractivity contribution in [3.8, 4) is 0 Å². The van der Waals surface area contributed by atoms with Gasteiger partial charge in [0.2, 0.25) is 0 Å². The van der Waals surface area contributed by atoms with E-state index in [1.807, 2.05) is 0 Å². The molecule has 1 saturated heterocycles. The molecule has 1 unspecified atom stereocenters. The molecule has 0 saturated carbocycles. The summed E-state index contributed by atoms with van der Waals surface area (Å²) >= 11 is 0. The highest BCUT2D eigenvalue weighted by Crippen LogP contribution is 2.37. The normalized spacial score (nSPS) is 16.7. The van der Waals surface area contributed by atoms with Gasteiger partial charge in [-0.15, -0.1) is 0 Å². The average Bonchev–Trinajstić information content (AvgIpc) is 3.33. The van der Waals surface area contributed by atoms with Crippen LogP contribution in [0.4, 0.5) is 0 Å². The van der Waals surface area contributed by atoms with Crippen molar-refractivity contribution in [3.63, 3.8) is 0 Å². The highest BCUT2D eigenvalue weighted by molar-refractivity contribution is 6.06. The van der Waals surface area contributed by atoms with E-state index in [4.69, 9.17) is 4.52 Å². The molecule has 1 aliphatic heterocycles. The van der Waals surface area contributed by atoms with Gasteiger partial charge >= 0.3 is 0 Å². The summed E-state index contributed by atoms with van der Waals surface area (Å²) in [5.74, 6) is -0.346. The smallest absolute Gasteiger partial charge is 0.259 e. The van der Waals surface area contributed by atoms with E-state index in [0.29, 0.717) is 40.2 Å². The molecule has 0 aliphatic carbocycles. The van der Waals surface area contributed by atoms with Crippen LogP contribution in [0, 0.1) is 6.92 Å². The molecule has 4 heterocycles. The minimum atomic E-state index is -0.271. The van der Waals surface area contributed by atoms with Crippen molar-refractivity contribution in [2.24, 2.45) is 0 Å². The van der Waals surface area contributed by atoms with Gasteiger partial charge in [-0.25, -0.2) is 4.98 Å². The van der Waals surface area contributed by atoms with Crippen LogP contribution in [0.15, 0.2) is 35.1 Å². The Bertz CT molecular complexity index is 1010. The lowest BCUT2D eigenvalue weighted by Gasteiger charge is -2.23. The third kappa shape index (κ3) is 2.92. The number of nitrogens with one attached hydrogen (secondary N) is 1. The van der Waals surface area contributed by atoms with Crippen molar-refractivity contribution in [3.05, 3.63) is 53.1 Å². The molecule has 1 aliphatic rings. The summed E-state index contributed by atoms with van der Waals surface area (Å²) in [5.41, 5.74) is 2.53. The second-order valence-electron chi connectivity index (χ2n) is 6.54. The van der Waals surface area contributed by atoms with E-state index < -0.39 is 0 Å². The van der Waals surface area contributed by atoms with Crippen molar-refractivity contribution in [1.82, 2.24) is 25.3 Å². The van der Waals surface area contributed by atoms with E-state index >= 15 is 0 Å². The van der Waals surface area contributed by atoms with Gasteiger partial charge in [0.25, 0.3) is 17.5 Å². The number of carbonyl (C=O) groups excluding carboxylic acids is 2. The van der Waals surface area contributed by atoms with Crippen LogP contribution in [0.1, 0.15) is 51.0 Å². The summed E-state index contributed by atoms with van der Waals surface area (Å²) in [6, 6.07) is 4.92. The maximum Gasteiger partial charge on any atom is 0.259 e. The monoisotopic (exact) mass is 365 g/mol. The number of aryl methyl sites for hydroxylation is 1. The number of hydrogen-bond acceptors (Lipinski definition) is 6. The highest BCUT2D eigenvalue weighted by atomic mass is 16.5. The fourth-order valence-corrected chi connectivity index (χ4v) is 3.59. The van der Waals surface area contributed by atoms with Gasteiger partial charge in [0.15, 0.2) is 0 Å². The summed E-state index contributed by atoms with van der Waals surface area (Å²) in [6.45, 7) is 2.41. The van der Waals surface area contributed by atoms with E-state index in [1.54, 1.807) is 49.5 Å². The van der Waals surface area contributed by atoms with Gasteiger partial charge in [-0.05, 0) is 38.0 Å². The van der Waals surface area contributed by atoms with E-state index in [1.165, 1.54) is 0 Å². The molecule has 4 rings (SSSR count). The summed E-state index contributed by atoms with van der Waals surface area (Å²) in [5, 5.41) is 7.40. The zero-order valence-corrected chi connectivity index (χ0v) is 15.1. The molecular formula is C19H19N5O3. The molecule has 0 bridgehead atoms. The molecular weight excluding hydrogens is 346 g/mol. The van der Waals surface area contributed by atoms with Crippen molar-refractivity contribution in [1.29, 1.82) is 0 Å². The van der Waals surface area contributed by atoms with Gasteiger partial charge in [-0.2, -0.15) is 0 Å². The van der Waals surface area contributed by atoms with Crippen LogP contribution in [0.25, 0.3) is 11.1 Å². The molecule has 138 valence electrons. The highest BCUT2D eigenvalue weighted by Gasteiger charge is 2.35. The lowest BCUT2D eigenvalue weighted by atomic mass is 10.0. The minimum absolute atomic E-state index is 0.108. The van der Waals surface area contributed by atoms with E-state index in [0.717, 1.165) is 12.8 Å². The Hall–Kier alpha value is -3.29. The number of likely N-dealkylation sites (tertiary alicyclic amines) is 1. The maximum atomic E-state index is 13.0. The third-order valence-electron chi connectivity index (χ3n) is 4.81. The third-order valence-corrected chi connectivity index (χ3v) is 4.81. The first kappa shape index (κ1) is 17.1. The molecule has 0 radical (unpaired) electrons. The molecule has 2 amide bonds. The maximum absolute atomic E-state index is 13.0. The second-order valence-corrected chi connectivity index (χ2v) is 6.54. The standard InChI is InChI=1S/C19H19N5O3/c1-11-9-13(17(25)20-2)15-16(23-27-18(15)22-11)14-6-4-8-24(14)19(26)12-5-3-7-21-10-12/h3,5,7,9-10,14H,4,6,8H2,1-2H3,(H,20,25). The number of amides is 2. The molecule has 8 heteroatoms. The first-order chi connectivity index (χ1) is 13.1. The number of rotatable bonds is 3. The lowest BCUT2D eigenvalue weighted by Crippen LogP contribution is -2.31. The number of fused-ring (bicyclic) bond motifs is 1. The van der Waals surface area contributed by atoms with Crippen LogP contribution in [0.3, 0.4) is 0 Å². The van der Waals surface area contributed by atoms with Crippen molar-refractivity contribution in [2.45, 2.75) is 25.8 Å². The lowest BCUT2D eigenvalue weighted by molar-refractivity contribution is 0.0731. The van der Waals surface area contributed by atoms with Gasteiger partial charge in [0.1, 0.15) is 5.69 Å². The number of pyridine rings is 2. The molecule has 8 nitrogen and oxygen atoms in total. The minimum Gasteiger partial charge on any atom is -0.355 e. The first-order valence-corrected chi connectivity index (χ1v) is 8.80. The van der Waals surface area contributed by atoms with Crippen LogP contribution >= 0.6 is 0 Å². The van der Waals surface area contributed by atoms with Crippen LogP contribution < -0.4 is 5.32 Å². The predicted molar refractivity (Wildman–Crippen MR) is 97.2 cm³/mol. The fourth-order valence-electron chi connectivity index (χ4n) is 3.59. The quantitative estimate of drug-likeness (QED) is 0.764. The number of nitrogens with zero attached hydrogens (tertiary/aromatic N) is 4. The van der Waals surface area contributed by atoms with Crippen LogP contribution in [0.2, 0.25) is 0 Å². The Balaban J connectivity index is 1.79. The van der Waals surface area contributed by atoms with Crippen LogP contribution in [-0.2, 0) is 0 Å². The van der Waals surface area contributed by atoms with Gasteiger partial charge < -0.3 is 14.7 Å². The molecule has 1 N–H and O–H groups in total. The van der Waals surface area contributed by atoms with Crippen molar-refractivity contribution >= 4 is 22.9 Å². The van der Waals surface area contributed by atoms with Gasteiger partial charge in [0, 0.05) is 31.7 Å². The molecule has 1 fully saturated rings. The first-order valence-electron chi connectivity index (χ1n) is 8.80. The fraction of sp³-hybridized carbons (Fsp3) is 0.316. The van der Waals surface area contributed by atoms with Crippen molar-refractivity contribution in [2.75, 3.05) is 13.6 Å². The molecule has 3 aromatic heterocycles. The average molecular weight is 365 g/mol. The van der Waals surface area contributed by atoms with Crippen LogP contribution in [-0.4, -0.2) is 45.4 Å². The van der Waals surface area contributed by atoms with Gasteiger partial charge in [-0.3, -0.25) is 14.6 Å². The topological polar surface area (TPSA) is 101 Å². The molecule has 1 atom stereocenters. The van der Waals surface area contributed by atoms with E-state index in [2.05, 4.69) is 20.4 Å². The summed E-state index contributed by atoms with van der Waals surface area (Å²) in [7, 11) is 1.57. The van der Waals surface area contributed by atoms with Crippen molar-refractivity contribution < 1.29 is 14.1 Å². The number of carbonyl (C=O) groups is 2. The molecule has 0 aromatic carbocycles. The van der Waals surface area contributed by atoms with Gasteiger partial charge in [0.05, 0.1) is 22.6 Å². The Kier molecular flexibility index (Phi) is 4.31. The van der Waals surface area contributed by atoms with Gasteiger partial charge in [-0.1, -0.05) is 5.16 Å². The molecule has 3 aromatic rings. The Labute approximate surface area is 155 Å². The van der Waals surface area contributed by atoms with Crippen LogP contribution in [0.5, 0.6) is 0 Å². The largest absolute Gasteiger partial charge is 0.355 e.